The smallest absolute Gasteiger partial charge is 0.341 e. The highest BCUT2D eigenvalue weighted by Crippen LogP contribution is 2.10. The zero-order valence-corrected chi connectivity index (χ0v) is 7.38. The summed E-state index contributed by atoms with van der Waals surface area (Å²) in [6, 6.07) is 6.76. The highest BCUT2D eigenvalue weighted by molar-refractivity contribution is 5.79. The molecule has 0 aromatic heterocycles. The minimum Gasteiger partial charge on any atom is -0.482 e. The van der Waals surface area contributed by atoms with Crippen molar-refractivity contribution in [3.63, 3.8) is 0 Å². The molecule has 0 radical (unpaired) electrons. The quantitative estimate of drug-likeness (QED) is 0.414. The van der Waals surface area contributed by atoms with E-state index in [0.29, 0.717) is 5.75 Å². The fourth-order valence-corrected chi connectivity index (χ4v) is 0.881. The zero-order valence-electron chi connectivity index (χ0n) is 7.38. The summed E-state index contributed by atoms with van der Waals surface area (Å²) < 4.78 is 4.93. The third kappa shape index (κ3) is 3.14. The highest BCUT2D eigenvalue weighted by Gasteiger charge is 1.98. The van der Waals surface area contributed by atoms with Crippen LogP contribution in [0.25, 0.3) is 0 Å². The molecular weight excluding hydrogens is 184 g/mol. The molecule has 0 atom stereocenters. The number of nitrogens with zero attached hydrogens (tertiary/aromatic N) is 1. The van der Waals surface area contributed by atoms with Crippen LogP contribution in [0.4, 0.5) is 0 Å². The van der Waals surface area contributed by atoms with Crippen LogP contribution < -0.4 is 10.6 Å². The Morgan fingerprint density at radius 3 is 2.64 bits per heavy atom. The van der Waals surface area contributed by atoms with E-state index in [0.717, 1.165) is 5.56 Å². The highest BCUT2D eigenvalue weighted by atomic mass is 16.5. The number of ether oxygens (including phenoxy) is 1. The number of aliphatic carboxylic acids is 1. The molecular formula is C9H10N2O3. The standard InChI is InChI=1S/C9H10N2O3/c10-11-5-7-1-3-8(4-2-7)14-6-9(12)13/h1-5H,6,10H2,(H,12,13)/b11-5+. The van der Waals surface area contributed by atoms with Gasteiger partial charge in [-0.05, 0) is 29.8 Å². The fourth-order valence-electron chi connectivity index (χ4n) is 0.881. The molecule has 1 aromatic rings. The van der Waals surface area contributed by atoms with Crippen LogP contribution in [0.3, 0.4) is 0 Å². The average molecular weight is 194 g/mol. The first-order chi connectivity index (χ1) is 6.72. The molecule has 0 aliphatic rings. The predicted octanol–water partition coefficient (Wildman–Crippen LogP) is 0.443. The van der Waals surface area contributed by atoms with E-state index >= 15 is 0 Å². The average Bonchev–Trinajstić information content (AvgIpc) is 2.17. The normalized spacial score (nSPS) is 10.3. The van der Waals surface area contributed by atoms with Crippen molar-refractivity contribution in [3.05, 3.63) is 29.8 Å². The van der Waals surface area contributed by atoms with Crippen molar-refractivity contribution in [3.8, 4) is 5.75 Å². The Bertz CT molecular complexity index is 332. The van der Waals surface area contributed by atoms with Crippen molar-refractivity contribution in [2.45, 2.75) is 0 Å². The number of rotatable bonds is 4. The lowest BCUT2D eigenvalue weighted by atomic mass is 10.2. The summed E-state index contributed by atoms with van der Waals surface area (Å²) in [4.78, 5) is 10.2. The second-order valence-electron chi connectivity index (χ2n) is 2.53. The number of carboxylic acids is 1. The summed E-state index contributed by atoms with van der Waals surface area (Å²) in [6.07, 6.45) is 1.49. The van der Waals surface area contributed by atoms with Gasteiger partial charge in [0.05, 0.1) is 6.21 Å². The van der Waals surface area contributed by atoms with E-state index in [-0.39, 0.29) is 6.61 Å². The van der Waals surface area contributed by atoms with Gasteiger partial charge in [0.15, 0.2) is 6.61 Å². The summed E-state index contributed by atoms with van der Waals surface area (Å²) in [5, 5.41) is 11.7. The van der Waals surface area contributed by atoms with Crippen LogP contribution in [0.15, 0.2) is 29.4 Å². The van der Waals surface area contributed by atoms with Gasteiger partial charge >= 0.3 is 5.97 Å². The molecule has 5 nitrogen and oxygen atoms in total. The summed E-state index contributed by atoms with van der Waals surface area (Å²) in [6.45, 7) is -0.343. The minimum atomic E-state index is -1.00. The maximum absolute atomic E-state index is 10.2. The Kier molecular flexibility index (Phi) is 3.49. The molecule has 0 spiro atoms. The summed E-state index contributed by atoms with van der Waals surface area (Å²) in [5.41, 5.74) is 0.829. The summed E-state index contributed by atoms with van der Waals surface area (Å²) in [7, 11) is 0. The lowest BCUT2D eigenvalue weighted by Gasteiger charge is -2.02. The van der Waals surface area contributed by atoms with Gasteiger partial charge in [0.1, 0.15) is 5.75 Å². The van der Waals surface area contributed by atoms with Gasteiger partial charge in [-0.1, -0.05) is 0 Å². The predicted molar refractivity (Wildman–Crippen MR) is 51.4 cm³/mol. The third-order valence-corrected chi connectivity index (χ3v) is 1.47. The fraction of sp³-hybridized carbons (Fsp3) is 0.111. The van der Waals surface area contributed by atoms with E-state index in [1.807, 2.05) is 0 Å². The number of hydrazone groups is 1. The van der Waals surface area contributed by atoms with Gasteiger partial charge in [0.25, 0.3) is 0 Å². The minimum absolute atomic E-state index is 0.343. The van der Waals surface area contributed by atoms with Crippen LogP contribution >= 0.6 is 0 Å². The Morgan fingerprint density at radius 2 is 2.14 bits per heavy atom. The molecule has 1 aromatic carbocycles. The van der Waals surface area contributed by atoms with E-state index in [9.17, 15) is 4.79 Å². The SMILES string of the molecule is N/N=C/c1ccc(OCC(=O)O)cc1. The number of hydrogen-bond acceptors (Lipinski definition) is 4. The van der Waals surface area contributed by atoms with Gasteiger partial charge in [-0.2, -0.15) is 5.10 Å². The number of carboxylic acid groups (broad SMARTS) is 1. The largest absolute Gasteiger partial charge is 0.482 e. The van der Waals surface area contributed by atoms with E-state index in [1.54, 1.807) is 24.3 Å². The first-order valence-corrected chi connectivity index (χ1v) is 3.90. The molecule has 0 saturated heterocycles. The second-order valence-corrected chi connectivity index (χ2v) is 2.53. The molecule has 0 aliphatic heterocycles. The van der Waals surface area contributed by atoms with Crippen molar-refractivity contribution in [2.24, 2.45) is 10.9 Å². The van der Waals surface area contributed by atoms with Gasteiger partial charge in [0.2, 0.25) is 0 Å². The molecule has 74 valence electrons. The molecule has 0 fully saturated rings. The van der Waals surface area contributed by atoms with Gasteiger partial charge in [-0.15, -0.1) is 0 Å². The summed E-state index contributed by atoms with van der Waals surface area (Å²) >= 11 is 0. The summed E-state index contributed by atoms with van der Waals surface area (Å²) in [5.74, 6) is 4.46. The molecule has 1 rings (SSSR count). The molecule has 3 N–H and O–H groups in total. The first-order valence-electron chi connectivity index (χ1n) is 3.90. The maximum atomic E-state index is 10.2. The molecule has 5 heteroatoms. The van der Waals surface area contributed by atoms with Crippen LogP contribution in [0.2, 0.25) is 0 Å². The molecule has 0 amide bonds. The van der Waals surface area contributed by atoms with Gasteiger partial charge < -0.3 is 15.7 Å². The number of hydrogen-bond donors (Lipinski definition) is 2. The Morgan fingerprint density at radius 1 is 1.50 bits per heavy atom. The molecule has 0 bridgehead atoms. The second kappa shape index (κ2) is 4.86. The van der Waals surface area contributed by atoms with Crippen LogP contribution in [-0.2, 0) is 4.79 Å². The Balaban J connectivity index is 2.59. The number of carbonyl (C=O) groups is 1. The number of benzene rings is 1. The zero-order chi connectivity index (χ0) is 10.4. The molecule has 14 heavy (non-hydrogen) atoms. The van der Waals surface area contributed by atoms with Crippen LogP contribution in [0.5, 0.6) is 5.75 Å². The van der Waals surface area contributed by atoms with E-state index in [2.05, 4.69) is 5.10 Å². The van der Waals surface area contributed by atoms with Crippen molar-refractivity contribution in [2.75, 3.05) is 6.61 Å². The third-order valence-electron chi connectivity index (χ3n) is 1.47. The van der Waals surface area contributed by atoms with Crippen molar-refractivity contribution < 1.29 is 14.6 Å². The van der Waals surface area contributed by atoms with Crippen molar-refractivity contribution in [1.82, 2.24) is 0 Å². The van der Waals surface area contributed by atoms with Crippen LogP contribution in [0, 0.1) is 0 Å². The monoisotopic (exact) mass is 194 g/mol. The molecule has 0 unspecified atom stereocenters. The maximum Gasteiger partial charge on any atom is 0.341 e. The van der Waals surface area contributed by atoms with Crippen molar-refractivity contribution in [1.29, 1.82) is 0 Å². The topological polar surface area (TPSA) is 84.9 Å². The Hall–Kier alpha value is -2.04. The van der Waals surface area contributed by atoms with Gasteiger partial charge in [0, 0.05) is 0 Å². The molecule has 0 aliphatic carbocycles. The van der Waals surface area contributed by atoms with E-state index in [4.69, 9.17) is 15.7 Å². The first kappa shape index (κ1) is 10.0. The lowest BCUT2D eigenvalue weighted by Crippen LogP contribution is -2.09. The van der Waals surface area contributed by atoms with Crippen molar-refractivity contribution >= 4 is 12.2 Å². The lowest BCUT2D eigenvalue weighted by molar-refractivity contribution is -0.139. The molecule has 0 saturated carbocycles. The Labute approximate surface area is 80.8 Å². The van der Waals surface area contributed by atoms with Gasteiger partial charge in [-0.25, -0.2) is 4.79 Å². The molecule has 0 heterocycles. The van der Waals surface area contributed by atoms with Crippen LogP contribution in [-0.4, -0.2) is 23.9 Å². The van der Waals surface area contributed by atoms with E-state index in [1.165, 1.54) is 6.21 Å². The van der Waals surface area contributed by atoms with Crippen LogP contribution in [0.1, 0.15) is 5.56 Å². The van der Waals surface area contributed by atoms with E-state index < -0.39 is 5.97 Å². The number of nitrogens with two attached hydrogens (primary N) is 1. The van der Waals surface area contributed by atoms with Gasteiger partial charge in [-0.3, -0.25) is 0 Å².